The van der Waals surface area contributed by atoms with Crippen LogP contribution in [-0.2, 0) is 11.3 Å². The van der Waals surface area contributed by atoms with Crippen molar-refractivity contribution >= 4 is 17.2 Å². The molecular weight excluding hydrogens is 342 g/mol. The third-order valence-corrected chi connectivity index (χ3v) is 8.27. The molecule has 26 heavy (non-hydrogen) atoms. The van der Waals surface area contributed by atoms with Crippen LogP contribution >= 0.6 is 11.3 Å². The quantitative estimate of drug-likeness (QED) is 0.809. The molecular formula is C21H33N3OS. The van der Waals surface area contributed by atoms with E-state index < -0.39 is 0 Å². The maximum absolute atomic E-state index is 12.1. The zero-order valence-electron chi connectivity index (χ0n) is 16.4. The Balaban J connectivity index is 1.42. The highest BCUT2D eigenvalue weighted by molar-refractivity contribution is 7.12. The number of likely N-dealkylation sites (N-methyl/N-ethyl adjacent to an activating group) is 1. The van der Waals surface area contributed by atoms with Crippen LogP contribution < -0.4 is 0 Å². The third-order valence-electron chi connectivity index (χ3n) is 7.04. The summed E-state index contributed by atoms with van der Waals surface area (Å²) in [6.07, 6.45) is 8.39. The molecule has 0 aromatic carbocycles. The Morgan fingerprint density at radius 3 is 2.73 bits per heavy atom. The van der Waals surface area contributed by atoms with Crippen LogP contribution in [0.15, 0.2) is 12.1 Å². The normalized spacial score (nSPS) is 29.6. The number of thiophene rings is 1. The second kappa shape index (κ2) is 7.61. The second-order valence-corrected chi connectivity index (χ2v) is 9.91. The average molecular weight is 376 g/mol. The number of hydrogen-bond acceptors (Lipinski definition) is 4. The third kappa shape index (κ3) is 3.71. The standard InChI is InChI=1S/C21H33N3OS/c1-22-12-11-21(10-9-20(22)25)16-24(14-13-23(21)2)15-18-7-8-19(26-18)17-5-3-4-6-17/h7-8,17H,3-6,9-16H2,1-2H3. The molecule has 3 fully saturated rings. The van der Waals surface area contributed by atoms with Gasteiger partial charge in [-0.1, -0.05) is 12.8 Å². The van der Waals surface area contributed by atoms with Crippen molar-refractivity contribution in [3.63, 3.8) is 0 Å². The fourth-order valence-electron chi connectivity index (χ4n) is 5.10. The number of nitrogens with zero attached hydrogens (tertiary/aromatic N) is 3. The summed E-state index contributed by atoms with van der Waals surface area (Å²) in [6.45, 7) is 5.32. The van der Waals surface area contributed by atoms with E-state index in [1.165, 1.54) is 30.6 Å². The van der Waals surface area contributed by atoms with Gasteiger partial charge in [0.05, 0.1) is 0 Å². The molecule has 0 N–H and O–H groups in total. The van der Waals surface area contributed by atoms with Crippen molar-refractivity contribution in [3.8, 4) is 0 Å². The van der Waals surface area contributed by atoms with Gasteiger partial charge in [-0.05, 0) is 50.8 Å². The van der Waals surface area contributed by atoms with E-state index in [2.05, 4.69) is 29.0 Å². The van der Waals surface area contributed by atoms with Crippen LogP contribution in [0, 0.1) is 0 Å². The Morgan fingerprint density at radius 2 is 1.92 bits per heavy atom. The van der Waals surface area contributed by atoms with Gasteiger partial charge < -0.3 is 4.90 Å². The first-order chi connectivity index (χ1) is 12.6. The van der Waals surface area contributed by atoms with Crippen LogP contribution in [0.2, 0.25) is 0 Å². The van der Waals surface area contributed by atoms with Crippen molar-refractivity contribution in [3.05, 3.63) is 21.9 Å². The molecule has 0 bridgehead atoms. The minimum Gasteiger partial charge on any atom is -0.346 e. The van der Waals surface area contributed by atoms with Crippen LogP contribution in [0.4, 0.5) is 0 Å². The number of rotatable bonds is 3. The Labute approximate surface area is 162 Å². The molecule has 4 nitrogen and oxygen atoms in total. The lowest BCUT2D eigenvalue weighted by Gasteiger charge is -2.49. The zero-order chi connectivity index (χ0) is 18.1. The van der Waals surface area contributed by atoms with Gasteiger partial charge in [-0.2, -0.15) is 0 Å². The van der Waals surface area contributed by atoms with Gasteiger partial charge in [-0.15, -0.1) is 11.3 Å². The average Bonchev–Trinajstić information content (AvgIpc) is 3.29. The molecule has 1 spiro atoms. The first-order valence-corrected chi connectivity index (χ1v) is 11.1. The number of hydrogen-bond donors (Lipinski definition) is 0. The highest BCUT2D eigenvalue weighted by Gasteiger charge is 2.41. The molecule has 3 aliphatic rings. The van der Waals surface area contributed by atoms with Gasteiger partial charge in [0.15, 0.2) is 0 Å². The van der Waals surface area contributed by atoms with Gasteiger partial charge in [-0.25, -0.2) is 0 Å². The summed E-state index contributed by atoms with van der Waals surface area (Å²) in [7, 11) is 4.22. The van der Waals surface area contributed by atoms with E-state index in [9.17, 15) is 4.79 Å². The number of carbonyl (C=O) groups excluding carboxylic acids is 1. The largest absolute Gasteiger partial charge is 0.346 e. The predicted octanol–water partition coefficient (Wildman–Crippen LogP) is 3.53. The molecule has 1 saturated carbocycles. The van der Waals surface area contributed by atoms with E-state index in [1.54, 1.807) is 4.88 Å². The highest BCUT2D eigenvalue weighted by Crippen LogP contribution is 2.38. The second-order valence-electron chi connectivity index (χ2n) is 8.71. The van der Waals surface area contributed by atoms with E-state index in [1.807, 2.05) is 23.3 Å². The molecule has 1 amide bonds. The maximum Gasteiger partial charge on any atom is 0.222 e. The predicted molar refractivity (Wildman–Crippen MR) is 108 cm³/mol. The summed E-state index contributed by atoms with van der Waals surface area (Å²) in [5.41, 5.74) is 0.171. The van der Waals surface area contributed by atoms with Gasteiger partial charge in [0, 0.05) is 61.5 Å². The molecule has 1 aromatic rings. The molecule has 1 atom stereocenters. The maximum atomic E-state index is 12.1. The fraction of sp³-hybridized carbons (Fsp3) is 0.762. The molecule has 1 aliphatic carbocycles. The van der Waals surface area contributed by atoms with E-state index in [0.29, 0.717) is 12.3 Å². The zero-order valence-corrected chi connectivity index (χ0v) is 17.2. The Hall–Kier alpha value is -0.910. The van der Waals surface area contributed by atoms with Crippen LogP contribution in [0.3, 0.4) is 0 Å². The van der Waals surface area contributed by atoms with Crippen LogP contribution in [0.25, 0.3) is 0 Å². The summed E-state index contributed by atoms with van der Waals surface area (Å²) in [6, 6.07) is 4.76. The van der Waals surface area contributed by atoms with E-state index in [-0.39, 0.29) is 5.54 Å². The minimum absolute atomic E-state index is 0.171. The van der Waals surface area contributed by atoms with Gasteiger partial charge in [0.25, 0.3) is 0 Å². The number of amides is 1. The van der Waals surface area contributed by atoms with Gasteiger partial charge in [0.2, 0.25) is 5.91 Å². The summed E-state index contributed by atoms with van der Waals surface area (Å²) in [5, 5.41) is 0. The minimum atomic E-state index is 0.171. The van der Waals surface area contributed by atoms with Crippen molar-refractivity contribution in [2.75, 3.05) is 40.3 Å². The summed E-state index contributed by atoms with van der Waals surface area (Å²) in [4.78, 5) is 22.4. The van der Waals surface area contributed by atoms with Crippen molar-refractivity contribution in [2.45, 2.75) is 62.9 Å². The first kappa shape index (κ1) is 18.5. The van der Waals surface area contributed by atoms with Gasteiger partial charge in [0.1, 0.15) is 0 Å². The summed E-state index contributed by atoms with van der Waals surface area (Å²) in [5.74, 6) is 1.14. The summed E-state index contributed by atoms with van der Waals surface area (Å²) >= 11 is 2.05. The summed E-state index contributed by atoms with van der Waals surface area (Å²) < 4.78 is 0. The van der Waals surface area contributed by atoms with E-state index in [4.69, 9.17) is 0 Å². The molecule has 4 rings (SSSR count). The van der Waals surface area contributed by atoms with Crippen LogP contribution in [-0.4, -0.2) is 66.4 Å². The SMILES string of the molecule is CN1CCC2(CCC1=O)CN(Cc1ccc(C3CCCC3)s1)CCN2C. The van der Waals surface area contributed by atoms with Crippen LogP contribution in [0.5, 0.6) is 0 Å². The molecule has 144 valence electrons. The van der Waals surface area contributed by atoms with E-state index >= 15 is 0 Å². The fourth-order valence-corrected chi connectivity index (χ4v) is 6.33. The number of piperazine rings is 1. The lowest BCUT2D eigenvalue weighted by molar-refractivity contribution is -0.129. The monoisotopic (exact) mass is 375 g/mol. The molecule has 2 saturated heterocycles. The number of carbonyl (C=O) groups is 1. The molecule has 1 unspecified atom stereocenters. The van der Waals surface area contributed by atoms with Crippen molar-refractivity contribution in [1.29, 1.82) is 0 Å². The van der Waals surface area contributed by atoms with E-state index in [0.717, 1.165) is 51.5 Å². The first-order valence-electron chi connectivity index (χ1n) is 10.3. The number of likely N-dealkylation sites (tertiary alicyclic amines) is 1. The Kier molecular flexibility index (Phi) is 5.40. The molecule has 2 aliphatic heterocycles. The van der Waals surface area contributed by atoms with Gasteiger partial charge in [-0.3, -0.25) is 14.6 Å². The topological polar surface area (TPSA) is 26.8 Å². The van der Waals surface area contributed by atoms with Crippen LogP contribution in [0.1, 0.15) is 60.6 Å². The molecule has 3 heterocycles. The Bertz CT molecular complexity index is 639. The van der Waals surface area contributed by atoms with Crippen molar-refractivity contribution < 1.29 is 4.79 Å². The Morgan fingerprint density at radius 1 is 1.12 bits per heavy atom. The lowest BCUT2D eigenvalue weighted by Crippen LogP contribution is -2.60. The van der Waals surface area contributed by atoms with Gasteiger partial charge >= 0.3 is 0 Å². The lowest BCUT2D eigenvalue weighted by atomic mass is 9.86. The molecule has 1 aromatic heterocycles. The molecule has 5 heteroatoms. The molecule has 0 radical (unpaired) electrons. The smallest absolute Gasteiger partial charge is 0.222 e. The highest BCUT2D eigenvalue weighted by atomic mass is 32.1. The van der Waals surface area contributed by atoms with Crippen molar-refractivity contribution in [2.24, 2.45) is 0 Å². The van der Waals surface area contributed by atoms with Crippen molar-refractivity contribution in [1.82, 2.24) is 14.7 Å².